The quantitative estimate of drug-likeness (QED) is 0.315. The number of nitrogens with one attached hydrogen (secondary N) is 2. The Morgan fingerprint density at radius 3 is 2.31 bits per heavy atom. The van der Waals surface area contributed by atoms with Crippen LogP contribution >= 0.6 is 0 Å². The second-order valence-corrected chi connectivity index (χ2v) is 7.63. The van der Waals surface area contributed by atoms with Gasteiger partial charge in [0.05, 0.1) is 25.7 Å². The summed E-state index contributed by atoms with van der Waals surface area (Å²) in [5.41, 5.74) is 3.13. The summed E-state index contributed by atoms with van der Waals surface area (Å²) in [7, 11) is -2.11. The number of carboxylic acids is 1. The summed E-state index contributed by atoms with van der Waals surface area (Å²) in [6.07, 6.45) is -0.393. The molecule has 0 saturated carbocycles. The lowest BCUT2D eigenvalue weighted by Crippen LogP contribution is -2.45. The van der Waals surface area contributed by atoms with Crippen molar-refractivity contribution in [1.29, 1.82) is 0 Å². The van der Waals surface area contributed by atoms with Crippen molar-refractivity contribution in [1.82, 2.24) is 10.6 Å². The number of fused-ring (bicyclic) bond motifs is 2. The van der Waals surface area contributed by atoms with Gasteiger partial charge in [-0.15, -0.1) is 0 Å². The fraction of sp³-hybridized carbons (Fsp3) is 0.250. The Kier molecular flexibility index (Phi) is 6.28. The molecule has 1 atom stereocenters. The van der Waals surface area contributed by atoms with Gasteiger partial charge in [-0.25, -0.2) is 0 Å². The molecule has 0 fully saturated rings. The van der Waals surface area contributed by atoms with Crippen molar-refractivity contribution in [3.8, 4) is 0 Å². The molecule has 5 N–H and O–H groups in total. The molecule has 4 rings (SSSR count). The Labute approximate surface area is 183 Å². The minimum absolute atomic E-state index is 0.111. The van der Waals surface area contributed by atoms with Gasteiger partial charge in [-0.1, -0.05) is 12.1 Å². The Hall–Kier alpha value is -3.18. The van der Waals surface area contributed by atoms with E-state index >= 15 is 0 Å². The van der Waals surface area contributed by atoms with Crippen molar-refractivity contribution in [3.05, 3.63) is 58.7 Å². The van der Waals surface area contributed by atoms with Crippen LogP contribution < -0.4 is 21.6 Å². The van der Waals surface area contributed by atoms with Gasteiger partial charge in [0.25, 0.3) is 11.8 Å². The first-order chi connectivity index (χ1) is 15.3. The van der Waals surface area contributed by atoms with E-state index in [1.165, 1.54) is 12.1 Å². The lowest BCUT2D eigenvalue weighted by atomic mass is 9.79. The predicted molar refractivity (Wildman–Crippen MR) is 114 cm³/mol. The van der Waals surface area contributed by atoms with E-state index in [1.54, 1.807) is 24.3 Å². The maximum atomic E-state index is 12.6. The van der Waals surface area contributed by atoms with Gasteiger partial charge >= 0.3 is 20.2 Å². The number of amides is 2. The van der Waals surface area contributed by atoms with E-state index < -0.39 is 44.5 Å². The third-order valence-corrected chi connectivity index (χ3v) is 5.40. The van der Waals surface area contributed by atoms with E-state index in [0.717, 1.165) is 5.56 Å². The molecule has 0 unspecified atom stereocenters. The summed E-state index contributed by atoms with van der Waals surface area (Å²) in [6.45, 7) is 0.325. The molecule has 12 heteroatoms. The van der Waals surface area contributed by atoms with Gasteiger partial charge in [-0.3, -0.25) is 14.4 Å². The Balaban J connectivity index is 1.40. The van der Waals surface area contributed by atoms with E-state index in [2.05, 4.69) is 10.6 Å². The van der Waals surface area contributed by atoms with E-state index in [9.17, 15) is 29.5 Å². The molecule has 0 bridgehead atoms. The zero-order valence-electron chi connectivity index (χ0n) is 16.9. The number of carbonyl (C=O) groups excluding carboxylic acids is 2. The number of rotatable bonds is 7. The molecule has 32 heavy (non-hydrogen) atoms. The summed E-state index contributed by atoms with van der Waals surface area (Å²) in [4.78, 5) is 36.4. The summed E-state index contributed by atoms with van der Waals surface area (Å²) < 4.78 is 10.2. The molecule has 0 aromatic heterocycles. The molecule has 2 amide bonds. The Morgan fingerprint density at radius 1 is 0.906 bits per heavy atom. The van der Waals surface area contributed by atoms with Gasteiger partial charge in [0.2, 0.25) is 0 Å². The van der Waals surface area contributed by atoms with Crippen LogP contribution in [-0.2, 0) is 27.3 Å². The highest BCUT2D eigenvalue weighted by molar-refractivity contribution is 6.62. The van der Waals surface area contributed by atoms with Crippen LogP contribution in [0.3, 0.4) is 0 Å². The molecule has 2 heterocycles. The Morgan fingerprint density at radius 2 is 1.56 bits per heavy atom. The minimum Gasteiger partial charge on any atom is -0.481 e. The highest BCUT2D eigenvalue weighted by Gasteiger charge is 2.29. The third kappa shape index (κ3) is 4.68. The van der Waals surface area contributed by atoms with E-state index in [0.29, 0.717) is 16.5 Å². The maximum absolute atomic E-state index is 12.6. The van der Waals surface area contributed by atoms with Crippen LogP contribution in [0.5, 0.6) is 0 Å². The average Bonchev–Trinajstić information content (AvgIpc) is 3.33. The van der Waals surface area contributed by atoms with Crippen molar-refractivity contribution in [2.75, 3.05) is 6.54 Å². The van der Waals surface area contributed by atoms with Crippen LogP contribution in [0.25, 0.3) is 0 Å². The molecule has 164 valence electrons. The standard InChI is InChI=1S/C20H20B2N2O8/c25-18(26)7-15(24-20(28)11-3-4-16-14(5-11)10-32-21(16)29)8-23-19(27)12-1-2-13-9-31-22(30)17(13)6-12/h1-6,15,29-30H,7-10H2,(H,23,27)(H,24,28)(H,25,26)/t15-/m0/s1. The molecular weight excluding hydrogens is 418 g/mol. The monoisotopic (exact) mass is 438 g/mol. The lowest BCUT2D eigenvalue weighted by molar-refractivity contribution is -0.137. The van der Waals surface area contributed by atoms with Gasteiger partial charge < -0.3 is 35.1 Å². The van der Waals surface area contributed by atoms with E-state index in [4.69, 9.17) is 9.31 Å². The molecule has 0 spiro atoms. The molecule has 2 aromatic carbocycles. The maximum Gasteiger partial charge on any atom is 0.491 e. The van der Waals surface area contributed by atoms with Crippen LogP contribution in [0.15, 0.2) is 36.4 Å². The molecule has 2 aromatic rings. The van der Waals surface area contributed by atoms with Gasteiger partial charge in [-0.2, -0.15) is 0 Å². The SMILES string of the molecule is O=C(O)C[C@@H](CNC(=O)c1ccc2c(c1)B(O)OC2)NC(=O)c1ccc2c(c1)COB2O. The zero-order chi connectivity index (χ0) is 22.8. The molecule has 0 radical (unpaired) electrons. The molecule has 10 nitrogen and oxygen atoms in total. The number of aliphatic carboxylic acids is 1. The summed E-state index contributed by atoms with van der Waals surface area (Å²) >= 11 is 0. The van der Waals surface area contributed by atoms with Crippen LogP contribution in [0.1, 0.15) is 38.3 Å². The predicted octanol–water partition coefficient (Wildman–Crippen LogP) is -1.87. The van der Waals surface area contributed by atoms with Gasteiger partial charge in [0.15, 0.2) is 0 Å². The van der Waals surface area contributed by atoms with Crippen LogP contribution in [0.2, 0.25) is 0 Å². The molecule has 0 aliphatic carbocycles. The van der Waals surface area contributed by atoms with Crippen molar-refractivity contribution < 1.29 is 38.8 Å². The first-order valence-electron chi connectivity index (χ1n) is 9.97. The summed E-state index contributed by atoms with van der Waals surface area (Å²) in [5.74, 6) is -2.11. The third-order valence-electron chi connectivity index (χ3n) is 5.40. The first-order valence-corrected chi connectivity index (χ1v) is 9.97. The summed E-state index contributed by atoms with van der Waals surface area (Å²) in [5, 5.41) is 33.9. The second-order valence-electron chi connectivity index (χ2n) is 7.63. The highest BCUT2D eigenvalue weighted by Crippen LogP contribution is 2.13. The number of hydrogen-bond acceptors (Lipinski definition) is 7. The largest absolute Gasteiger partial charge is 0.491 e. The van der Waals surface area contributed by atoms with Crippen molar-refractivity contribution in [3.63, 3.8) is 0 Å². The number of carboxylic acid groups (broad SMARTS) is 1. The Bertz CT molecular complexity index is 1080. The van der Waals surface area contributed by atoms with Crippen LogP contribution in [0, 0.1) is 0 Å². The number of carbonyl (C=O) groups is 3. The van der Waals surface area contributed by atoms with Gasteiger partial charge in [-0.05, 0) is 46.3 Å². The van der Waals surface area contributed by atoms with Gasteiger partial charge in [0, 0.05) is 17.7 Å². The van der Waals surface area contributed by atoms with E-state index in [-0.39, 0.29) is 30.9 Å². The molecule has 2 aliphatic rings. The van der Waals surface area contributed by atoms with Crippen molar-refractivity contribution in [2.45, 2.75) is 25.7 Å². The second kappa shape index (κ2) is 9.13. The smallest absolute Gasteiger partial charge is 0.481 e. The lowest BCUT2D eigenvalue weighted by Gasteiger charge is -2.18. The fourth-order valence-electron chi connectivity index (χ4n) is 3.70. The summed E-state index contributed by atoms with van der Waals surface area (Å²) in [6, 6.07) is 8.61. The molecular formula is C20H20B2N2O8. The zero-order valence-corrected chi connectivity index (χ0v) is 16.9. The average molecular weight is 438 g/mol. The van der Waals surface area contributed by atoms with Gasteiger partial charge in [0.1, 0.15) is 0 Å². The molecule has 2 aliphatic heterocycles. The normalized spacial score (nSPS) is 15.2. The number of benzene rings is 2. The number of hydrogen-bond donors (Lipinski definition) is 5. The molecule has 0 saturated heterocycles. The highest BCUT2D eigenvalue weighted by atomic mass is 16.5. The van der Waals surface area contributed by atoms with E-state index in [1.807, 2.05) is 0 Å². The van der Waals surface area contributed by atoms with Crippen LogP contribution in [-0.4, -0.2) is 59.8 Å². The minimum atomic E-state index is -1.13. The van der Waals surface area contributed by atoms with Crippen LogP contribution in [0.4, 0.5) is 0 Å². The topological polar surface area (TPSA) is 154 Å². The first kappa shape index (κ1) is 22.0. The van der Waals surface area contributed by atoms with Crippen molar-refractivity contribution in [2.24, 2.45) is 0 Å². The van der Waals surface area contributed by atoms with Crippen molar-refractivity contribution >= 4 is 42.9 Å². The fourth-order valence-corrected chi connectivity index (χ4v) is 3.70.